The molecule has 1 saturated heterocycles. The second-order valence-corrected chi connectivity index (χ2v) is 8.22. The van der Waals surface area contributed by atoms with Crippen LogP contribution in [0.5, 0.6) is 0 Å². The minimum atomic E-state index is -0.0368. The van der Waals surface area contributed by atoms with Crippen molar-refractivity contribution >= 4 is 33.0 Å². The molecule has 0 bridgehead atoms. The minimum absolute atomic E-state index is 0.0164. The second kappa shape index (κ2) is 7.33. The maximum Gasteiger partial charge on any atom is 0.252 e. The Bertz CT molecular complexity index is 977. The fourth-order valence-electron chi connectivity index (χ4n) is 3.52. The van der Waals surface area contributed by atoms with Gasteiger partial charge in [-0.15, -0.1) is 11.3 Å². The Balaban J connectivity index is 1.55. The molecule has 4 rings (SSSR count). The van der Waals surface area contributed by atoms with Crippen LogP contribution in [0, 0.1) is 6.92 Å². The topological polar surface area (TPSA) is 44.4 Å². The second-order valence-electron chi connectivity index (χ2n) is 7.30. The lowest BCUT2D eigenvalue weighted by molar-refractivity contribution is 0.0939. The number of nitrogens with zero attached hydrogens (tertiary/aromatic N) is 1. The van der Waals surface area contributed by atoms with E-state index in [2.05, 4.69) is 59.2 Å². The Morgan fingerprint density at radius 2 is 2.04 bits per heavy atom. The number of rotatable bonds is 5. The van der Waals surface area contributed by atoms with Gasteiger partial charge in [0, 0.05) is 36.1 Å². The molecule has 5 heteroatoms. The lowest BCUT2D eigenvalue weighted by atomic mass is 10.0. The van der Waals surface area contributed by atoms with Crippen LogP contribution in [-0.2, 0) is 0 Å². The van der Waals surface area contributed by atoms with Crippen molar-refractivity contribution in [3.05, 3.63) is 64.5 Å². The van der Waals surface area contributed by atoms with Crippen LogP contribution in [-0.4, -0.2) is 32.1 Å². The summed E-state index contributed by atoms with van der Waals surface area (Å²) >= 11 is 1.72. The molecule has 1 aliphatic heterocycles. The molecule has 1 fully saturated rings. The standard InChI is InChI=1S/C22H25N3OS/c1-14-8-9-16(25(3)17-11-23-12-17)10-19(14)22(26)24-15(2)20-13-27-21-7-5-4-6-18(20)21/h4-10,13,15,17,23H,11-12H2,1-3H3,(H,24,26). The molecule has 27 heavy (non-hydrogen) atoms. The van der Waals surface area contributed by atoms with E-state index in [1.165, 1.54) is 15.6 Å². The van der Waals surface area contributed by atoms with E-state index in [1.54, 1.807) is 11.3 Å². The molecule has 0 aliphatic carbocycles. The SMILES string of the molecule is Cc1ccc(N(C)C2CNC2)cc1C(=O)NC(C)c1csc2ccccc12. The average Bonchev–Trinajstić information content (AvgIpc) is 3.04. The Labute approximate surface area is 164 Å². The summed E-state index contributed by atoms with van der Waals surface area (Å²) in [6.07, 6.45) is 0. The summed E-state index contributed by atoms with van der Waals surface area (Å²) in [4.78, 5) is 15.2. The predicted octanol–water partition coefficient (Wildman–Crippen LogP) is 4.11. The van der Waals surface area contributed by atoms with Gasteiger partial charge in [0.15, 0.2) is 0 Å². The van der Waals surface area contributed by atoms with Gasteiger partial charge in [-0.25, -0.2) is 0 Å². The summed E-state index contributed by atoms with van der Waals surface area (Å²) in [5, 5.41) is 9.86. The first-order chi connectivity index (χ1) is 13.0. The van der Waals surface area contributed by atoms with E-state index in [1.807, 2.05) is 25.1 Å². The van der Waals surface area contributed by atoms with Crippen molar-refractivity contribution in [1.82, 2.24) is 10.6 Å². The highest BCUT2D eigenvalue weighted by Gasteiger charge is 2.23. The van der Waals surface area contributed by atoms with E-state index in [0.717, 1.165) is 29.9 Å². The number of thiophene rings is 1. The van der Waals surface area contributed by atoms with E-state index in [4.69, 9.17) is 0 Å². The minimum Gasteiger partial charge on any atom is -0.369 e. The molecule has 4 nitrogen and oxygen atoms in total. The number of likely N-dealkylation sites (N-methyl/N-ethyl adjacent to an activating group) is 1. The largest absolute Gasteiger partial charge is 0.369 e. The number of carbonyl (C=O) groups excluding carboxylic acids is 1. The number of carbonyl (C=O) groups is 1. The van der Waals surface area contributed by atoms with Crippen LogP contribution in [0.15, 0.2) is 47.8 Å². The summed E-state index contributed by atoms with van der Waals surface area (Å²) in [5.41, 5.74) is 4.01. The van der Waals surface area contributed by atoms with Gasteiger partial charge in [-0.1, -0.05) is 24.3 Å². The van der Waals surface area contributed by atoms with Gasteiger partial charge in [-0.2, -0.15) is 0 Å². The quantitative estimate of drug-likeness (QED) is 0.701. The summed E-state index contributed by atoms with van der Waals surface area (Å²) < 4.78 is 1.25. The van der Waals surface area contributed by atoms with Gasteiger partial charge < -0.3 is 15.5 Å². The van der Waals surface area contributed by atoms with Crippen molar-refractivity contribution in [3.8, 4) is 0 Å². The first kappa shape index (κ1) is 18.0. The first-order valence-corrected chi connectivity index (χ1v) is 10.2. The zero-order valence-corrected chi connectivity index (χ0v) is 16.8. The third-order valence-corrected chi connectivity index (χ3v) is 6.49. The van der Waals surface area contributed by atoms with Crippen LogP contribution in [0.2, 0.25) is 0 Å². The average molecular weight is 380 g/mol. The van der Waals surface area contributed by atoms with Crippen molar-refractivity contribution in [3.63, 3.8) is 0 Å². The van der Waals surface area contributed by atoms with E-state index >= 15 is 0 Å². The Hall–Kier alpha value is -2.37. The molecule has 1 unspecified atom stereocenters. The maximum atomic E-state index is 13.0. The van der Waals surface area contributed by atoms with Crippen LogP contribution >= 0.6 is 11.3 Å². The number of hydrogen-bond donors (Lipinski definition) is 2. The molecule has 0 saturated carbocycles. The van der Waals surface area contributed by atoms with Crippen molar-refractivity contribution in [2.75, 3.05) is 25.0 Å². The van der Waals surface area contributed by atoms with Gasteiger partial charge in [0.05, 0.1) is 12.1 Å². The number of aryl methyl sites for hydroxylation is 1. The number of benzene rings is 2. The van der Waals surface area contributed by atoms with Gasteiger partial charge >= 0.3 is 0 Å². The van der Waals surface area contributed by atoms with Crippen molar-refractivity contribution in [2.24, 2.45) is 0 Å². The summed E-state index contributed by atoms with van der Waals surface area (Å²) in [7, 11) is 2.10. The number of nitrogens with one attached hydrogen (secondary N) is 2. The maximum absolute atomic E-state index is 13.0. The molecule has 140 valence electrons. The fourth-order valence-corrected chi connectivity index (χ4v) is 4.57. The van der Waals surface area contributed by atoms with E-state index in [0.29, 0.717) is 6.04 Å². The lowest BCUT2D eigenvalue weighted by Crippen LogP contribution is -2.56. The molecule has 0 radical (unpaired) electrons. The van der Waals surface area contributed by atoms with E-state index in [9.17, 15) is 4.79 Å². The van der Waals surface area contributed by atoms with Crippen molar-refractivity contribution in [2.45, 2.75) is 25.9 Å². The summed E-state index contributed by atoms with van der Waals surface area (Å²) in [6.45, 7) is 6.04. The number of anilines is 1. The van der Waals surface area contributed by atoms with Gasteiger partial charge in [0.1, 0.15) is 0 Å². The predicted molar refractivity (Wildman–Crippen MR) is 114 cm³/mol. The van der Waals surface area contributed by atoms with E-state index < -0.39 is 0 Å². The van der Waals surface area contributed by atoms with Gasteiger partial charge in [0.25, 0.3) is 5.91 Å². The van der Waals surface area contributed by atoms with Crippen LogP contribution in [0.3, 0.4) is 0 Å². The molecular formula is C22H25N3OS. The summed E-state index contributed by atoms with van der Waals surface area (Å²) in [6, 6.07) is 15.0. The molecular weight excluding hydrogens is 354 g/mol. The molecule has 2 N–H and O–H groups in total. The molecule has 2 aromatic carbocycles. The van der Waals surface area contributed by atoms with Crippen LogP contribution in [0.4, 0.5) is 5.69 Å². The molecule has 2 heterocycles. The van der Waals surface area contributed by atoms with Crippen LogP contribution in [0.25, 0.3) is 10.1 Å². The summed E-state index contributed by atoms with van der Waals surface area (Å²) in [5.74, 6) is -0.0164. The monoisotopic (exact) mass is 379 g/mol. The van der Waals surface area contributed by atoms with E-state index in [-0.39, 0.29) is 11.9 Å². The Morgan fingerprint density at radius 1 is 1.26 bits per heavy atom. The fraction of sp³-hybridized carbons (Fsp3) is 0.318. The first-order valence-electron chi connectivity index (χ1n) is 9.36. The van der Waals surface area contributed by atoms with Crippen LogP contribution in [0.1, 0.15) is 34.5 Å². The van der Waals surface area contributed by atoms with Gasteiger partial charge in [-0.05, 0) is 53.9 Å². The number of fused-ring (bicyclic) bond motifs is 1. The van der Waals surface area contributed by atoms with Gasteiger partial charge in [0.2, 0.25) is 0 Å². The molecule has 1 aromatic heterocycles. The highest BCUT2D eigenvalue weighted by Crippen LogP contribution is 2.30. The number of amides is 1. The third-order valence-electron chi connectivity index (χ3n) is 5.51. The third kappa shape index (κ3) is 3.45. The normalized spacial score (nSPS) is 15.4. The highest BCUT2D eigenvalue weighted by molar-refractivity contribution is 7.17. The molecule has 1 aliphatic rings. The molecule has 3 aromatic rings. The Kier molecular flexibility index (Phi) is 4.89. The zero-order valence-electron chi connectivity index (χ0n) is 16.0. The molecule has 1 amide bonds. The van der Waals surface area contributed by atoms with Crippen molar-refractivity contribution < 1.29 is 4.79 Å². The van der Waals surface area contributed by atoms with Gasteiger partial charge in [-0.3, -0.25) is 4.79 Å². The zero-order chi connectivity index (χ0) is 19.0. The number of hydrogen-bond acceptors (Lipinski definition) is 4. The Morgan fingerprint density at radius 3 is 2.78 bits per heavy atom. The smallest absolute Gasteiger partial charge is 0.252 e. The van der Waals surface area contributed by atoms with Crippen LogP contribution < -0.4 is 15.5 Å². The lowest BCUT2D eigenvalue weighted by Gasteiger charge is -2.37. The molecule has 1 atom stereocenters. The van der Waals surface area contributed by atoms with Crippen molar-refractivity contribution in [1.29, 1.82) is 0 Å². The highest BCUT2D eigenvalue weighted by atomic mass is 32.1. The molecule has 0 spiro atoms.